The number of para-hydroxylation sites is 1. The zero-order valence-corrected chi connectivity index (χ0v) is 21.7. The fraction of sp³-hybridized carbons (Fsp3) is 0.667. The van der Waals surface area contributed by atoms with Crippen LogP contribution >= 0.6 is 15.9 Å². The van der Waals surface area contributed by atoms with E-state index in [9.17, 15) is 4.79 Å². The highest BCUT2D eigenvalue weighted by Gasteiger charge is 2.53. The molecule has 3 saturated heterocycles. The van der Waals surface area contributed by atoms with Gasteiger partial charge in [-0.1, -0.05) is 12.1 Å². The molecule has 1 aromatic carbocycles. The van der Waals surface area contributed by atoms with Crippen LogP contribution in [0, 0.1) is 11.8 Å². The van der Waals surface area contributed by atoms with Gasteiger partial charge in [-0.3, -0.25) is 4.79 Å². The van der Waals surface area contributed by atoms with Gasteiger partial charge in [0.2, 0.25) is 0 Å². The fourth-order valence-corrected chi connectivity index (χ4v) is 5.96. The topological polar surface area (TPSA) is 72.5 Å². The van der Waals surface area contributed by atoms with Crippen LogP contribution in [-0.4, -0.2) is 50.6 Å². The second-order valence-electron chi connectivity index (χ2n) is 9.72. The molecule has 5 rings (SSSR count). The Bertz CT molecular complexity index is 878. The minimum atomic E-state index is -0.275. The molecule has 2 unspecified atom stereocenters. The Labute approximate surface area is 215 Å². The molecule has 3 aliphatic heterocycles. The predicted octanol–water partition coefficient (Wildman–Crippen LogP) is 5.51. The van der Waals surface area contributed by atoms with Gasteiger partial charge in [0.05, 0.1) is 30.2 Å². The van der Waals surface area contributed by atoms with Crippen molar-refractivity contribution < 1.29 is 33.2 Å². The van der Waals surface area contributed by atoms with Crippen molar-refractivity contribution in [1.82, 2.24) is 0 Å². The van der Waals surface area contributed by atoms with Gasteiger partial charge in [-0.15, -0.1) is 0 Å². The Morgan fingerprint density at radius 2 is 1.83 bits per heavy atom. The van der Waals surface area contributed by atoms with Crippen molar-refractivity contribution in [3.8, 4) is 5.75 Å². The first kappa shape index (κ1) is 25.1. The quantitative estimate of drug-likeness (QED) is 0.228. The zero-order chi connectivity index (χ0) is 24.0. The monoisotopic (exact) mass is 550 g/mol. The molecular formula is C27H35BrO7. The van der Waals surface area contributed by atoms with E-state index in [2.05, 4.69) is 22.0 Å². The third-order valence-corrected chi connectivity index (χ3v) is 7.90. The van der Waals surface area contributed by atoms with Crippen LogP contribution in [0.5, 0.6) is 5.75 Å². The molecule has 4 aliphatic rings. The largest absolute Gasteiger partial charge is 0.492 e. The van der Waals surface area contributed by atoms with Crippen LogP contribution in [-0.2, 0) is 28.5 Å². The summed E-state index contributed by atoms with van der Waals surface area (Å²) in [6, 6.07) is 7.82. The minimum absolute atomic E-state index is 0.0371. The van der Waals surface area contributed by atoms with E-state index in [1.165, 1.54) is 0 Å². The standard InChI is InChI=1S/C27H35BrO7/c28-19-8-1-2-9-20(19)30-15-7-10-21(34-25-11-3-5-13-31-25)27-18-16-24(29)33-22(18)17-23(27)35-26-12-4-6-14-32-26/h1-2,8-10,18,22-23,25-27H,3-7,11-17H2/b21-10+/t18-,22-,23-,25?,26?,27-/m1/s1. The second-order valence-corrected chi connectivity index (χ2v) is 10.6. The lowest BCUT2D eigenvalue weighted by atomic mass is 9.89. The summed E-state index contributed by atoms with van der Waals surface area (Å²) < 4.78 is 37.4. The van der Waals surface area contributed by atoms with E-state index in [1.807, 2.05) is 24.3 Å². The smallest absolute Gasteiger partial charge is 0.306 e. The molecule has 35 heavy (non-hydrogen) atoms. The van der Waals surface area contributed by atoms with Crippen LogP contribution in [0.3, 0.4) is 0 Å². The summed E-state index contributed by atoms with van der Waals surface area (Å²) in [7, 11) is 0. The number of carbonyl (C=O) groups excluding carboxylic acids is 1. The summed E-state index contributed by atoms with van der Waals surface area (Å²) in [6.45, 7) is 1.94. The van der Waals surface area contributed by atoms with Crippen molar-refractivity contribution in [2.75, 3.05) is 19.8 Å². The molecule has 0 bridgehead atoms. The summed E-state index contributed by atoms with van der Waals surface area (Å²) in [6.07, 6.45) is 9.13. The van der Waals surface area contributed by atoms with Gasteiger partial charge in [0.25, 0.3) is 0 Å². The zero-order valence-electron chi connectivity index (χ0n) is 20.1. The average molecular weight is 551 g/mol. The lowest BCUT2D eigenvalue weighted by Crippen LogP contribution is -2.34. The fourth-order valence-electron chi connectivity index (χ4n) is 5.56. The molecule has 6 atom stereocenters. The number of hydrogen-bond donors (Lipinski definition) is 0. The summed E-state index contributed by atoms with van der Waals surface area (Å²) in [5.41, 5.74) is 0. The number of benzene rings is 1. The normalized spacial score (nSPS) is 33.3. The summed E-state index contributed by atoms with van der Waals surface area (Å²) in [4.78, 5) is 12.2. The maximum atomic E-state index is 12.2. The Morgan fingerprint density at radius 3 is 2.57 bits per heavy atom. The van der Waals surface area contributed by atoms with Gasteiger partial charge in [-0.2, -0.15) is 0 Å². The number of esters is 1. The van der Waals surface area contributed by atoms with Crippen molar-refractivity contribution in [2.45, 2.75) is 82.6 Å². The lowest BCUT2D eigenvalue weighted by molar-refractivity contribution is -0.201. The summed E-state index contributed by atoms with van der Waals surface area (Å²) in [5, 5.41) is 0. The first-order chi connectivity index (χ1) is 17.2. The van der Waals surface area contributed by atoms with E-state index >= 15 is 0 Å². The summed E-state index contributed by atoms with van der Waals surface area (Å²) >= 11 is 3.53. The summed E-state index contributed by atoms with van der Waals surface area (Å²) in [5.74, 6) is 1.47. The molecule has 4 fully saturated rings. The van der Waals surface area contributed by atoms with E-state index < -0.39 is 0 Å². The van der Waals surface area contributed by atoms with Gasteiger partial charge >= 0.3 is 5.97 Å². The van der Waals surface area contributed by atoms with E-state index in [4.69, 9.17) is 28.4 Å². The van der Waals surface area contributed by atoms with Crippen molar-refractivity contribution >= 4 is 21.9 Å². The number of halogens is 1. The molecule has 192 valence electrons. The van der Waals surface area contributed by atoms with Gasteiger partial charge in [0, 0.05) is 37.7 Å². The molecule has 0 N–H and O–H groups in total. The molecule has 1 aromatic rings. The highest BCUT2D eigenvalue weighted by atomic mass is 79.9. The first-order valence-corrected chi connectivity index (χ1v) is 13.8. The van der Waals surface area contributed by atoms with E-state index in [0.29, 0.717) is 32.5 Å². The number of hydrogen-bond acceptors (Lipinski definition) is 7. The van der Waals surface area contributed by atoms with Crippen LogP contribution in [0.2, 0.25) is 0 Å². The van der Waals surface area contributed by atoms with Crippen LogP contribution in [0.1, 0.15) is 57.8 Å². The Hall–Kier alpha value is -1.61. The Balaban J connectivity index is 1.32. The van der Waals surface area contributed by atoms with Crippen LogP contribution in [0.15, 0.2) is 40.6 Å². The molecule has 1 saturated carbocycles. The number of ether oxygens (including phenoxy) is 6. The maximum Gasteiger partial charge on any atom is 0.306 e. The molecule has 3 heterocycles. The van der Waals surface area contributed by atoms with Gasteiger partial charge in [0.1, 0.15) is 17.6 Å². The number of rotatable bonds is 9. The van der Waals surface area contributed by atoms with E-state index in [-0.39, 0.29) is 42.6 Å². The Morgan fingerprint density at radius 1 is 1.06 bits per heavy atom. The van der Waals surface area contributed by atoms with Gasteiger partial charge in [0.15, 0.2) is 12.6 Å². The van der Waals surface area contributed by atoms with Crippen molar-refractivity contribution in [2.24, 2.45) is 11.8 Å². The van der Waals surface area contributed by atoms with Crippen LogP contribution < -0.4 is 4.74 Å². The number of fused-ring (bicyclic) bond motifs is 1. The van der Waals surface area contributed by atoms with Gasteiger partial charge < -0.3 is 28.4 Å². The lowest BCUT2D eigenvalue weighted by Gasteiger charge is -2.33. The average Bonchev–Trinajstić information content (AvgIpc) is 3.38. The molecule has 0 spiro atoms. The third-order valence-electron chi connectivity index (χ3n) is 7.25. The Kier molecular flexibility index (Phi) is 8.65. The molecule has 8 heteroatoms. The van der Waals surface area contributed by atoms with Crippen LogP contribution in [0.4, 0.5) is 0 Å². The van der Waals surface area contributed by atoms with Gasteiger partial charge in [-0.25, -0.2) is 0 Å². The minimum Gasteiger partial charge on any atom is -0.492 e. The molecule has 0 aromatic heterocycles. The maximum absolute atomic E-state index is 12.2. The molecule has 1 aliphatic carbocycles. The highest BCUT2D eigenvalue weighted by Crippen LogP contribution is 2.47. The third kappa shape index (κ3) is 6.40. The number of carbonyl (C=O) groups is 1. The molecule has 0 amide bonds. The van der Waals surface area contributed by atoms with E-state index in [0.717, 1.165) is 61.1 Å². The SMILES string of the molecule is O=C1C[C@H]2[C@H](/C(=C\CCOc3ccccc3Br)OC3CCCCO3)[C@H](OC3CCCCO3)C[C@H]2O1. The molecule has 7 nitrogen and oxygen atoms in total. The van der Waals surface area contributed by atoms with Crippen molar-refractivity contribution in [3.05, 3.63) is 40.6 Å². The molecular weight excluding hydrogens is 516 g/mol. The van der Waals surface area contributed by atoms with Gasteiger partial charge in [-0.05, 0) is 66.2 Å². The van der Waals surface area contributed by atoms with E-state index in [1.54, 1.807) is 0 Å². The first-order valence-electron chi connectivity index (χ1n) is 13.0. The second kappa shape index (κ2) is 12.1. The van der Waals surface area contributed by atoms with Crippen LogP contribution in [0.25, 0.3) is 0 Å². The predicted molar refractivity (Wildman–Crippen MR) is 132 cm³/mol. The van der Waals surface area contributed by atoms with Crippen molar-refractivity contribution in [1.29, 1.82) is 0 Å². The molecule has 0 radical (unpaired) electrons. The van der Waals surface area contributed by atoms with Crippen molar-refractivity contribution in [3.63, 3.8) is 0 Å². The highest BCUT2D eigenvalue weighted by molar-refractivity contribution is 9.10.